The van der Waals surface area contributed by atoms with Gasteiger partial charge in [0.25, 0.3) is 0 Å². The second kappa shape index (κ2) is 26.3. The maximum atomic E-state index is 12.2. The van der Waals surface area contributed by atoms with E-state index in [0.29, 0.717) is 39.6 Å². The Bertz CT molecular complexity index is 395. The zero-order valence-corrected chi connectivity index (χ0v) is 24.7. The fourth-order valence-electron chi connectivity index (χ4n) is 2.15. The van der Waals surface area contributed by atoms with Crippen molar-refractivity contribution in [1.29, 1.82) is 0 Å². The molecule has 0 bridgehead atoms. The molecule has 34 heavy (non-hydrogen) atoms. The number of hydrogen-bond acceptors (Lipinski definition) is 8. The summed E-state index contributed by atoms with van der Waals surface area (Å²) in [6.07, 6.45) is 11.3. The van der Waals surface area contributed by atoms with Gasteiger partial charge in [0.15, 0.2) is 0 Å². The number of rotatable bonds is 24. The van der Waals surface area contributed by atoms with Crippen molar-refractivity contribution < 1.29 is 36.3 Å². The maximum absolute atomic E-state index is 12.2. The van der Waals surface area contributed by atoms with Gasteiger partial charge in [-0.05, 0) is 38.5 Å². The lowest BCUT2D eigenvalue weighted by Gasteiger charge is -2.17. The molecule has 10 heteroatoms. The minimum absolute atomic E-state index is 0.437. The third-order valence-corrected chi connectivity index (χ3v) is 7.48. The lowest BCUT2D eigenvalue weighted by Crippen LogP contribution is -2.03. The van der Waals surface area contributed by atoms with E-state index in [0.717, 1.165) is 77.0 Å². The zero-order valence-electron chi connectivity index (χ0n) is 22.9. The summed E-state index contributed by atoms with van der Waals surface area (Å²) < 4.78 is 56.0. The van der Waals surface area contributed by atoms with Gasteiger partial charge in [-0.2, -0.15) is 0 Å². The molecular formula is C24H54O8P2. The van der Waals surface area contributed by atoms with Crippen molar-refractivity contribution >= 4 is 15.6 Å². The average Bonchev–Trinajstić information content (AvgIpc) is 2.81. The second-order valence-corrected chi connectivity index (χ2v) is 11.4. The van der Waals surface area contributed by atoms with Crippen LogP contribution in [0.5, 0.6) is 0 Å². The summed E-state index contributed by atoms with van der Waals surface area (Å²) in [5, 5.41) is 0. The van der Waals surface area contributed by atoms with Crippen molar-refractivity contribution in [2.24, 2.45) is 0 Å². The van der Waals surface area contributed by atoms with Gasteiger partial charge in [0, 0.05) is 0 Å². The molecule has 0 radical (unpaired) electrons. The molecule has 0 rings (SSSR count). The van der Waals surface area contributed by atoms with Gasteiger partial charge in [0.1, 0.15) is 0 Å². The van der Waals surface area contributed by atoms with Crippen LogP contribution < -0.4 is 0 Å². The van der Waals surface area contributed by atoms with Crippen molar-refractivity contribution in [2.45, 2.75) is 119 Å². The Hall–Kier alpha value is 0.220. The molecule has 0 saturated heterocycles. The summed E-state index contributed by atoms with van der Waals surface area (Å²) in [5.41, 5.74) is 0. The summed E-state index contributed by atoms with van der Waals surface area (Å²) in [7, 11) is -6.62. The zero-order chi connectivity index (χ0) is 26.0. The Morgan fingerprint density at radius 1 is 0.353 bits per heavy atom. The third kappa shape index (κ3) is 23.9. The van der Waals surface area contributed by atoms with Gasteiger partial charge in [0.2, 0.25) is 0 Å². The van der Waals surface area contributed by atoms with Crippen LogP contribution in [0.4, 0.5) is 0 Å². The molecular weight excluding hydrogens is 478 g/mol. The summed E-state index contributed by atoms with van der Waals surface area (Å²) in [4.78, 5) is 0. The highest BCUT2D eigenvalue weighted by atomic mass is 31.2. The quantitative estimate of drug-likeness (QED) is 0.0898. The van der Waals surface area contributed by atoms with E-state index in [1.807, 2.05) is 0 Å². The first kappa shape index (κ1) is 36.4. The number of unbranched alkanes of at least 4 members (excludes halogenated alkanes) is 6. The molecule has 0 aliphatic rings. The summed E-state index contributed by atoms with van der Waals surface area (Å²) >= 11 is 0. The molecule has 8 nitrogen and oxygen atoms in total. The van der Waals surface area contributed by atoms with Crippen LogP contribution in [0, 0.1) is 0 Å². The van der Waals surface area contributed by atoms with Crippen LogP contribution >= 0.6 is 15.6 Å². The summed E-state index contributed by atoms with van der Waals surface area (Å²) in [6.45, 7) is 15.0. The smallest absolute Gasteiger partial charge is 0.287 e. The number of hydrogen-bond donors (Lipinski definition) is 0. The Balaban J connectivity index is 0. The van der Waals surface area contributed by atoms with Crippen LogP contribution in [-0.4, -0.2) is 39.6 Å². The fourth-order valence-corrected chi connectivity index (χ4v) is 4.71. The third-order valence-electron chi connectivity index (χ3n) is 4.48. The highest BCUT2D eigenvalue weighted by molar-refractivity contribution is 7.48. The van der Waals surface area contributed by atoms with Crippen LogP contribution in [0.25, 0.3) is 0 Å². The Morgan fingerprint density at radius 3 is 0.618 bits per heavy atom. The molecule has 0 saturated carbocycles. The van der Waals surface area contributed by atoms with Gasteiger partial charge < -0.3 is 0 Å². The van der Waals surface area contributed by atoms with Gasteiger partial charge in [-0.3, -0.25) is 27.1 Å². The van der Waals surface area contributed by atoms with Crippen LogP contribution in [0.1, 0.15) is 119 Å². The van der Waals surface area contributed by atoms with Crippen molar-refractivity contribution in [3.63, 3.8) is 0 Å². The van der Waals surface area contributed by atoms with Crippen LogP contribution in [0.2, 0.25) is 0 Å². The molecule has 0 fully saturated rings. The molecule has 0 spiro atoms. The predicted molar refractivity (Wildman–Crippen MR) is 140 cm³/mol. The summed E-state index contributed by atoms with van der Waals surface area (Å²) in [5.74, 6) is 0. The Labute approximate surface area is 210 Å². The number of phosphoric acid groups is 2. The van der Waals surface area contributed by atoms with Crippen molar-refractivity contribution in [3.05, 3.63) is 0 Å². The minimum Gasteiger partial charge on any atom is -0.287 e. The first-order valence-electron chi connectivity index (χ1n) is 13.4. The molecule has 0 atom stereocenters. The largest absolute Gasteiger partial charge is 0.474 e. The highest BCUT2D eigenvalue weighted by Crippen LogP contribution is 2.50. The van der Waals surface area contributed by atoms with Crippen LogP contribution in [0.15, 0.2) is 0 Å². The van der Waals surface area contributed by atoms with E-state index in [2.05, 4.69) is 41.5 Å². The van der Waals surface area contributed by atoms with E-state index in [-0.39, 0.29) is 0 Å². The molecule has 0 aliphatic heterocycles. The molecule has 208 valence electrons. The van der Waals surface area contributed by atoms with E-state index in [9.17, 15) is 9.13 Å². The molecule has 0 unspecified atom stereocenters. The maximum Gasteiger partial charge on any atom is 0.474 e. The second-order valence-electron chi connectivity index (χ2n) is 8.02. The fraction of sp³-hybridized carbons (Fsp3) is 1.00. The minimum atomic E-state index is -3.31. The predicted octanol–water partition coefficient (Wildman–Crippen LogP) is 9.09. The Kier molecular flexibility index (Phi) is 28.1. The van der Waals surface area contributed by atoms with Crippen molar-refractivity contribution in [3.8, 4) is 0 Å². The summed E-state index contributed by atoms with van der Waals surface area (Å²) in [6, 6.07) is 0. The molecule has 0 aliphatic carbocycles. The molecule has 0 heterocycles. The van der Waals surface area contributed by atoms with E-state index >= 15 is 0 Å². The average molecular weight is 533 g/mol. The normalized spacial score (nSPS) is 11.9. The first-order valence-corrected chi connectivity index (χ1v) is 16.4. The monoisotopic (exact) mass is 532 g/mol. The van der Waals surface area contributed by atoms with Gasteiger partial charge in [-0.25, -0.2) is 9.13 Å². The van der Waals surface area contributed by atoms with E-state index < -0.39 is 15.6 Å². The Morgan fingerprint density at radius 2 is 0.500 bits per heavy atom. The molecule has 0 N–H and O–H groups in total. The molecule has 0 amide bonds. The van der Waals surface area contributed by atoms with Crippen molar-refractivity contribution in [2.75, 3.05) is 39.6 Å². The molecule has 0 aromatic rings. The van der Waals surface area contributed by atoms with Crippen molar-refractivity contribution in [1.82, 2.24) is 0 Å². The highest BCUT2D eigenvalue weighted by Gasteiger charge is 2.26. The molecule has 0 aromatic heterocycles. The number of phosphoric ester groups is 2. The van der Waals surface area contributed by atoms with Crippen LogP contribution in [-0.2, 0) is 36.3 Å². The lowest BCUT2D eigenvalue weighted by molar-refractivity contribution is 0.109. The van der Waals surface area contributed by atoms with Gasteiger partial charge in [0.05, 0.1) is 39.6 Å². The van der Waals surface area contributed by atoms with E-state index in [1.165, 1.54) is 0 Å². The van der Waals surface area contributed by atoms with E-state index in [4.69, 9.17) is 27.1 Å². The van der Waals surface area contributed by atoms with Gasteiger partial charge >= 0.3 is 15.6 Å². The first-order chi connectivity index (χ1) is 16.4. The standard InChI is InChI=1S/2C12H27O4P/c2*1-4-7-10-14-17(13,15-11-8-5-2)16-12-9-6-3/h2*4-12H2,1-3H3. The SMILES string of the molecule is CCCCOP(=O)(OCCCC)OCCCC.CCCCOP(=O)(OCCCC)OCCCC. The topological polar surface area (TPSA) is 89.5 Å². The van der Waals surface area contributed by atoms with Gasteiger partial charge in [-0.1, -0.05) is 80.1 Å². The lowest BCUT2D eigenvalue weighted by atomic mass is 10.4. The van der Waals surface area contributed by atoms with Gasteiger partial charge in [-0.15, -0.1) is 0 Å². The molecule has 0 aromatic carbocycles. The van der Waals surface area contributed by atoms with E-state index in [1.54, 1.807) is 0 Å². The van der Waals surface area contributed by atoms with Crippen LogP contribution in [0.3, 0.4) is 0 Å².